The smallest absolute Gasteiger partial charge is 0.311 e. The molecule has 11 nitrogen and oxygen atoms in total. The number of carboxylic acid groups (broad SMARTS) is 1. The lowest BCUT2D eigenvalue weighted by Crippen LogP contribution is -2.25. The van der Waals surface area contributed by atoms with E-state index in [1.807, 2.05) is 26.0 Å². The number of aryl methyl sites for hydroxylation is 6. The summed E-state index contributed by atoms with van der Waals surface area (Å²) >= 11 is 0. The molecule has 0 radical (unpaired) electrons. The summed E-state index contributed by atoms with van der Waals surface area (Å²) in [5, 5.41) is 20.4. The highest BCUT2D eigenvalue weighted by Crippen LogP contribution is 2.37. The van der Waals surface area contributed by atoms with Gasteiger partial charge in [0.25, 0.3) is 5.91 Å². The number of aromatic amines is 1. The maximum Gasteiger partial charge on any atom is 0.311 e. The minimum Gasteiger partial charge on any atom is -0.481 e. The maximum atomic E-state index is 13.0. The first kappa shape index (κ1) is 30.7. The van der Waals surface area contributed by atoms with E-state index >= 15 is 0 Å². The fourth-order valence-corrected chi connectivity index (χ4v) is 7.30. The van der Waals surface area contributed by atoms with Crippen molar-refractivity contribution >= 4 is 23.5 Å². The van der Waals surface area contributed by atoms with Gasteiger partial charge in [0.15, 0.2) is 0 Å². The molecule has 11 heteroatoms. The second-order valence-electron chi connectivity index (χ2n) is 12.7. The number of nitrogens with two attached hydrogens (primary N) is 2. The molecule has 0 saturated carbocycles. The number of carbonyl (C=O) groups excluding carboxylic acids is 1. The first-order chi connectivity index (χ1) is 21.7. The topological polar surface area (TPSA) is 179 Å². The molecular formula is C34H44N6O5. The van der Waals surface area contributed by atoms with Gasteiger partial charge in [-0.05, 0) is 103 Å². The fraction of sp³-hybridized carbons (Fsp3) is 0.529. The Bertz CT molecular complexity index is 1690. The van der Waals surface area contributed by atoms with Crippen LogP contribution in [0.3, 0.4) is 0 Å². The zero-order valence-corrected chi connectivity index (χ0v) is 26.3. The number of furan rings is 2. The van der Waals surface area contributed by atoms with Crippen molar-refractivity contribution in [2.45, 2.75) is 116 Å². The van der Waals surface area contributed by atoms with E-state index in [1.54, 1.807) is 0 Å². The molecule has 0 fully saturated rings. The van der Waals surface area contributed by atoms with Gasteiger partial charge in [-0.2, -0.15) is 14.9 Å². The van der Waals surface area contributed by atoms with Gasteiger partial charge < -0.3 is 25.4 Å². The zero-order valence-electron chi connectivity index (χ0n) is 26.3. The van der Waals surface area contributed by atoms with Crippen LogP contribution in [0.15, 0.2) is 21.0 Å². The SMILES string of the molecule is Cc1cc2c(o1)CCCC2C(=O)O.Cc1cc2c(o1)CCCC2C(=O)n1nc2c(c1N)CCCC2.Nc1n[nH]c2c1CCCC2. The quantitative estimate of drug-likeness (QED) is 0.211. The number of aromatic nitrogens is 4. The minimum absolute atomic E-state index is 0.00588. The zero-order chi connectivity index (χ0) is 31.7. The van der Waals surface area contributed by atoms with Crippen LogP contribution in [-0.4, -0.2) is 37.0 Å². The molecule has 240 valence electrons. The molecule has 8 rings (SSSR count). The van der Waals surface area contributed by atoms with Crippen molar-refractivity contribution in [3.05, 3.63) is 68.8 Å². The van der Waals surface area contributed by atoms with Crippen molar-refractivity contribution in [2.24, 2.45) is 0 Å². The highest BCUT2D eigenvalue weighted by Gasteiger charge is 2.33. The molecule has 2 atom stereocenters. The van der Waals surface area contributed by atoms with Crippen LogP contribution in [0.2, 0.25) is 0 Å². The number of carbonyl (C=O) groups is 2. The number of nitrogens with one attached hydrogen (secondary N) is 1. The van der Waals surface area contributed by atoms with Crippen LogP contribution in [0, 0.1) is 13.8 Å². The molecule has 0 aromatic carbocycles. The summed E-state index contributed by atoms with van der Waals surface area (Å²) in [5.41, 5.74) is 18.3. The van der Waals surface area contributed by atoms with E-state index in [2.05, 4.69) is 15.3 Å². The predicted molar refractivity (Wildman–Crippen MR) is 169 cm³/mol. The van der Waals surface area contributed by atoms with Gasteiger partial charge >= 0.3 is 5.97 Å². The molecule has 4 aliphatic carbocycles. The van der Waals surface area contributed by atoms with E-state index in [4.69, 9.17) is 25.4 Å². The van der Waals surface area contributed by atoms with Crippen LogP contribution < -0.4 is 11.5 Å². The fourth-order valence-electron chi connectivity index (χ4n) is 7.30. The molecule has 4 aromatic rings. The molecular weight excluding hydrogens is 572 g/mol. The lowest BCUT2D eigenvalue weighted by Gasteiger charge is -2.20. The van der Waals surface area contributed by atoms with Gasteiger partial charge in [-0.3, -0.25) is 14.7 Å². The summed E-state index contributed by atoms with van der Waals surface area (Å²) < 4.78 is 12.6. The third-order valence-electron chi connectivity index (χ3n) is 9.56. The lowest BCUT2D eigenvalue weighted by atomic mass is 9.86. The average Bonchev–Trinajstić information content (AvgIpc) is 3.80. The minimum atomic E-state index is -0.734. The Balaban J connectivity index is 0.000000131. The summed E-state index contributed by atoms with van der Waals surface area (Å²) in [6.45, 7) is 3.79. The Kier molecular flexibility index (Phi) is 8.87. The summed E-state index contributed by atoms with van der Waals surface area (Å²) in [6, 6.07) is 3.85. The molecule has 2 unspecified atom stereocenters. The standard InChI is InChI=1S/C17H21N3O2.C10H12O3.C7H11N3/c1-10-9-13-11(6-4-8-15(13)22-10)17(21)20-16(18)12-5-2-3-7-14(12)19-20;1-6-5-8-7(10(11)12)3-2-4-9(8)13-6;8-7-5-3-1-2-4-6(5)9-10-7/h9,11H,2-8,18H2,1H3;5,7H,2-4H2,1H3,(H,11,12);1-4H2,(H3,8,9,10). The molecule has 6 N–H and O–H groups in total. The van der Waals surface area contributed by atoms with Crippen molar-refractivity contribution in [1.29, 1.82) is 0 Å². The second-order valence-corrected chi connectivity index (χ2v) is 12.7. The lowest BCUT2D eigenvalue weighted by molar-refractivity contribution is -0.139. The molecule has 45 heavy (non-hydrogen) atoms. The number of rotatable bonds is 2. The second kappa shape index (κ2) is 13.0. The van der Waals surface area contributed by atoms with Gasteiger partial charge in [0.05, 0.1) is 17.5 Å². The van der Waals surface area contributed by atoms with Crippen LogP contribution in [0.5, 0.6) is 0 Å². The van der Waals surface area contributed by atoms with Crippen LogP contribution in [0.25, 0.3) is 0 Å². The third kappa shape index (κ3) is 6.30. The van der Waals surface area contributed by atoms with E-state index in [-0.39, 0.29) is 17.7 Å². The molecule has 0 aliphatic heterocycles. The van der Waals surface area contributed by atoms with Gasteiger partial charge in [-0.1, -0.05) is 0 Å². The Morgan fingerprint density at radius 2 is 1.40 bits per heavy atom. The molecule has 0 amide bonds. The molecule has 4 aromatic heterocycles. The number of nitrogens with zero attached hydrogens (tertiary/aromatic N) is 3. The summed E-state index contributed by atoms with van der Waals surface area (Å²) in [7, 11) is 0. The number of nitrogen functional groups attached to an aromatic ring is 2. The summed E-state index contributed by atoms with van der Waals surface area (Å²) in [6.07, 6.45) is 14.2. The number of carboxylic acids is 1. The number of anilines is 2. The number of H-pyrrole nitrogens is 1. The van der Waals surface area contributed by atoms with Crippen LogP contribution in [-0.2, 0) is 43.3 Å². The first-order valence-corrected chi connectivity index (χ1v) is 16.3. The van der Waals surface area contributed by atoms with Crippen molar-refractivity contribution in [1.82, 2.24) is 20.0 Å². The number of fused-ring (bicyclic) bond motifs is 4. The Morgan fingerprint density at radius 3 is 2.02 bits per heavy atom. The van der Waals surface area contributed by atoms with E-state index in [9.17, 15) is 9.59 Å². The van der Waals surface area contributed by atoms with Crippen molar-refractivity contribution in [3.63, 3.8) is 0 Å². The van der Waals surface area contributed by atoms with Gasteiger partial charge in [-0.25, -0.2) is 0 Å². The van der Waals surface area contributed by atoms with Gasteiger partial charge in [-0.15, -0.1) is 0 Å². The van der Waals surface area contributed by atoms with Gasteiger partial charge in [0.1, 0.15) is 34.7 Å². The number of aliphatic carboxylic acids is 1. The van der Waals surface area contributed by atoms with Gasteiger partial charge in [0, 0.05) is 40.8 Å². The third-order valence-corrected chi connectivity index (χ3v) is 9.56. The normalized spacial score (nSPS) is 19.9. The monoisotopic (exact) mass is 616 g/mol. The van der Waals surface area contributed by atoms with Crippen LogP contribution in [0.4, 0.5) is 11.6 Å². The largest absolute Gasteiger partial charge is 0.481 e. The van der Waals surface area contributed by atoms with E-state index in [0.717, 1.165) is 122 Å². The highest BCUT2D eigenvalue weighted by atomic mass is 16.4. The average molecular weight is 617 g/mol. The Hall–Kier alpha value is -4.28. The van der Waals surface area contributed by atoms with Crippen molar-refractivity contribution < 1.29 is 23.5 Å². The number of hydrogen-bond donors (Lipinski definition) is 4. The first-order valence-electron chi connectivity index (χ1n) is 16.3. The molecule has 4 aliphatic rings. The highest BCUT2D eigenvalue weighted by molar-refractivity contribution is 5.88. The Morgan fingerprint density at radius 1 is 0.822 bits per heavy atom. The van der Waals surface area contributed by atoms with Crippen LogP contribution >= 0.6 is 0 Å². The van der Waals surface area contributed by atoms with E-state index in [1.165, 1.54) is 28.8 Å². The summed E-state index contributed by atoms with van der Waals surface area (Å²) in [4.78, 5) is 23.9. The maximum absolute atomic E-state index is 13.0. The molecule has 0 saturated heterocycles. The molecule has 4 heterocycles. The van der Waals surface area contributed by atoms with E-state index < -0.39 is 5.97 Å². The van der Waals surface area contributed by atoms with Gasteiger partial charge in [0.2, 0.25) is 0 Å². The van der Waals surface area contributed by atoms with Crippen molar-refractivity contribution in [2.75, 3.05) is 11.5 Å². The van der Waals surface area contributed by atoms with Crippen LogP contribution in [0.1, 0.15) is 125 Å². The molecule has 0 bridgehead atoms. The van der Waals surface area contributed by atoms with Crippen molar-refractivity contribution in [3.8, 4) is 0 Å². The Labute approximate surface area is 262 Å². The predicted octanol–water partition coefficient (Wildman–Crippen LogP) is 5.97. The summed E-state index contributed by atoms with van der Waals surface area (Å²) in [5.74, 6) is 3.51. The molecule has 0 spiro atoms. The number of hydrogen-bond acceptors (Lipinski definition) is 8. The van der Waals surface area contributed by atoms with E-state index in [0.29, 0.717) is 11.6 Å².